The molecule has 1 N–H and O–H groups in total. The Morgan fingerprint density at radius 1 is 1.06 bits per heavy atom. The Balaban J connectivity index is 1.62. The molecule has 0 spiro atoms. The van der Waals surface area contributed by atoms with Gasteiger partial charge in [0.05, 0.1) is 11.0 Å². The minimum Gasteiger partial charge on any atom is -0.457 e. The zero-order valence-corrected chi connectivity index (χ0v) is 17.1. The zero-order chi connectivity index (χ0) is 22.1. The van der Waals surface area contributed by atoms with Crippen molar-refractivity contribution < 1.29 is 18.3 Å². The first kappa shape index (κ1) is 20.3. The number of ether oxygens (including phenoxy) is 1. The highest BCUT2D eigenvalue weighted by molar-refractivity contribution is 5.92. The number of hydrogen-bond donors (Lipinski definition) is 1. The standard InChI is InChI=1S/C22H19F2N5O2/c1-28(2)21(30)18-12-14(9-10-25-18)31-13-7-8-19-17(11-13)26-22(29(19)3)27-20-15(23)5-4-6-16(20)24/h4-12H,1-3H3,(H,26,27). The maximum Gasteiger partial charge on any atom is 0.272 e. The van der Waals surface area contributed by atoms with Crippen molar-refractivity contribution in [3.8, 4) is 11.5 Å². The van der Waals surface area contributed by atoms with Crippen molar-refractivity contribution in [3.05, 3.63) is 72.1 Å². The number of amides is 1. The first-order valence-corrected chi connectivity index (χ1v) is 9.36. The summed E-state index contributed by atoms with van der Waals surface area (Å²) in [7, 11) is 5.02. The summed E-state index contributed by atoms with van der Waals surface area (Å²) in [5, 5.41) is 2.71. The second-order valence-electron chi connectivity index (χ2n) is 7.05. The summed E-state index contributed by atoms with van der Waals surface area (Å²) in [5.74, 6) is -0.444. The molecule has 4 rings (SSSR count). The van der Waals surface area contributed by atoms with Crippen molar-refractivity contribution in [2.75, 3.05) is 19.4 Å². The quantitative estimate of drug-likeness (QED) is 0.512. The van der Waals surface area contributed by atoms with Crippen LogP contribution in [0.4, 0.5) is 20.4 Å². The summed E-state index contributed by atoms with van der Waals surface area (Å²) >= 11 is 0. The van der Waals surface area contributed by atoms with Gasteiger partial charge in [0.25, 0.3) is 5.91 Å². The van der Waals surface area contributed by atoms with Gasteiger partial charge in [-0.3, -0.25) is 9.78 Å². The smallest absolute Gasteiger partial charge is 0.272 e. The summed E-state index contributed by atoms with van der Waals surface area (Å²) in [5.41, 5.74) is 1.30. The molecule has 9 heteroatoms. The number of carbonyl (C=O) groups is 1. The van der Waals surface area contributed by atoms with Crippen LogP contribution in [0.5, 0.6) is 11.5 Å². The summed E-state index contributed by atoms with van der Waals surface area (Å²) in [4.78, 5) is 22.0. The molecule has 4 aromatic rings. The number of carbonyl (C=O) groups excluding carboxylic acids is 1. The van der Waals surface area contributed by atoms with Crippen LogP contribution in [0.15, 0.2) is 54.7 Å². The van der Waals surface area contributed by atoms with E-state index in [-0.39, 0.29) is 23.2 Å². The first-order chi connectivity index (χ1) is 14.8. The lowest BCUT2D eigenvalue weighted by atomic mass is 10.3. The van der Waals surface area contributed by atoms with E-state index in [1.807, 2.05) is 0 Å². The summed E-state index contributed by atoms with van der Waals surface area (Å²) in [6, 6.07) is 12.1. The van der Waals surface area contributed by atoms with Crippen molar-refractivity contribution >= 4 is 28.6 Å². The van der Waals surface area contributed by atoms with E-state index >= 15 is 0 Å². The van der Waals surface area contributed by atoms with Crippen LogP contribution in [-0.4, -0.2) is 39.4 Å². The number of aryl methyl sites for hydroxylation is 1. The number of rotatable bonds is 5. The van der Waals surface area contributed by atoms with Gasteiger partial charge in [0.2, 0.25) is 5.95 Å². The van der Waals surface area contributed by atoms with Crippen LogP contribution in [0.25, 0.3) is 11.0 Å². The van der Waals surface area contributed by atoms with Gasteiger partial charge in [-0.1, -0.05) is 6.07 Å². The number of halogens is 2. The molecule has 0 saturated carbocycles. The molecule has 0 aliphatic carbocycles. The number of fused-ring (bicyclic) bond motifs is 1. The second-order valence-corrected chi connectivity index (χ2v) is 7.05. The molecule has 0 unspecified atom stereocenters. The van der Waals surface area contributed by atoms with Crippen LogP contribution < -0.4 is 10.1 Å². The molecule has 2 aromatic heterocycles. The highest BCUT2D eigenvalue weighted by atomic mass is 19.1. The molecule has 0 saturated heterocycles. The third-order valence-corrected chi connectivity index (χ3v) is 4.64. The number of anilines is 2. The van der Waals surface area contributed by atoms with Gasteiger partial charge < -0.3 is 19.5 Å². The van der Waals surface area contributed by atoms with Crippen LogP contribution in [-0.2, 0) is 7.05 Å². The Hall–Kier alpha value is -4.01. The predicted octanol–water partition coefficient (Wildman–Crippen LogP) is 4.48. The lowest BCUT2D eigenvalue weighted by molar-refractivity contribution is 0.0821. The second kappa shape index (κ2) is 8.02. The maximum atomic E-state index is 14.0. The van der Waals surface area contributed by atoms with Crippen LogP contribution in [0, 0.1) is 11.6 Å². The van der Waals surface area contributed by atoms with E-state index in [1.165, 1.54) is 29.3 Å². The Kier molecular flexibility index (Phi) is 5.24. The first-order valence-electron chi connectivity index (χ1n) is 9.36. The van der Waals surface area contributed by atoms with Crippen LogP contribution in [0.3, 0.4) is 0 Å². The topological polar surface area (TPSA) is 72.3 Å². The van der Waals surface area contributed by atoms with Crippen molar-refractivity contribution in [2.24, 2.45) is 7.05 Å². The van der Waals surface area contributed by atoms with Gasteiger partial charge in [0, 0.05) is 39.5 Å². The third kappa shape index (κ3) is 4.02. The average molecular weight is 423 g/mol. The fraction of sp³-hybridized carbons (Fsp3) is 0.136. The van der Waals surface area contributed by atoms with E-state index in [9.17, 15) is 13.6 Å². The molecule has 7 nitrogen and oxygen atoms in total. The molecule has 0 aliphatic heterocycles. The Labute approximate surface area is 176 Å². The van der Waals surface area contributed by atoms with Crippen LogP contribution in [0.1, 0.15) is 10.5 Å². The fourth-order valence-electron chi connectivity index (χ4n) is 3.04. The SMILES string of the molecule is CN(C)C(=O)c1cc(Oc2ccc3c(c2)nc(Nc2c(F)cccc2F)n3C)ccn1. The summed E-state index contributed by atoms with van der Waals surface area (Å²) in [6.45, 7) is 0. The molecule has 31 heavy (non-hydrogen) atoms. The van der Waals surface area contributed by atoms with Crippen molar-refractivity contribution in [2.45, 2.75) is 0 Å². The lowest BCUT2D eigenvalue weighted by Gasteiger charge is -2.11. The average Bonchev–Trinajstić information content (AvgIpc) is 3.05. The van der Waals surface area contributed by atoms with E-state index in [4.69, 9.17) is 4.74 Å². The molecule has 0 atom stereocenters. The number of hydrogen-bond acceptors (Lipinski definition) is 5. The number of imidazole rings is 1. The summed E-state index contributed by atoms with van der Waals surface area (Å²) in [6.07, 6.45) is 1.50. The van der Waals surface area contributed by atoms with Gasteiger partial charge in [-0.05, 0) is 30.3 Å². The fourth-order valence-corrected chi connectivity index (χ4v) is 3.04. The molecule has 158 valence electrons. The van der Waals surface area contributed by atoms with Crippen molar-refractivity contribution in [3.63, 3.8) is 0 Å². The molecular formula is C22H19F2N5O2. The Morgan fingerprint density at radius 2 is 1.77 bits per heavy atom. The highest BCUT2D eigenvalue weighted by Crippen LogP contribution is 2.29. The van der Waals surface area contributed by atoms with E-state index in [2.05, 4.69) is 15.3 Å². The molecule has 0 aliphatic rings. The van der Waals surface area contributed by atoms with E-state index in [0.29, 0.717) is 17.0 Å². The number of nitrogens with zero attached hydrogens (tertiary/aromatic N) is 4. The minimum absolute atomic E-state index is 0.235. The van der Waals surface area contributed by atoms with Crippen LogP contribution in [0.2, 0.25) is 0 Å². The van der Waals surface area contributed by atoms with Gasteiger partial charge in [-0.2, -0.15) is 0 Å². The number of benzene rings is 2. The van der Waals surface area contributed by atoms with Gasteiger partial charge in [-0.25, -0.2) is 13.8 Å². The number of para-hydroxylation sites is 1. The third-order valence-electron chi connectivity index (χ3n) is 4.64. The molecule has 0 radical (unpaired) electrons. The van der Waals surface area contributed by atoms with Gasteiger partial charge >= 0.3 is 0 Å². The molecular weight excluding hydrogens is 404 g/mol. The van der Waals surface area contributed by atoms with E-state index in [0.717, 1.165) is 5.52 Å². The van der Waals surface area contributed by atoms with Crippen molar-refractivity contribution in [1.82, 2.24) is 19.4 Å². The van der Waals surface area contributed by atoms with E-state index in [1.54, 1.807) is 56.0 Å². The van der Waals surface area contributed by atoms with Crippen molar-refractivity contribution in [1.29, 1.82) is 0 Å². The monoisotopic (exact) mass is 423 g/mol. The highest BCUT2D eigenvalue weighted by Gasteiger charge is 2.15. The number of pyridine rings is 1. The minimum atomic E-state index is -0.711. The predicted molar refractivity (Wildman–Crippen MR) is 113 cm³/mol. The molecule has 2 heterocycles. The largest absolute Gasteiger partial charge is 0.457 e. The lowest BCUT2D eigenvalue weighted by Crippen LogP contribution is -2.22. The molecule has 0 bridgehead atoms. The van der Waals surface area contributed by atoms with Crippen LogP contribution >= 0.6 is 0 Å². The number of aromatic nitrogens is 3. The van der Waals surface area contributed by atoms with Gasteiger partial charge in [0.15, 0.2) is 0 Å². The van der Waals surface area contributed by atoms with E-state index < -0.39 is 11.6 Å². The number of nitrogens with one attached hydrogen (secondary N) is 1. The molecule has 2 aromatic carbocycles. The zero-order valence-electron chi connectivity index (χ0n) is 17.1. The normalized spacial score (nSPS) is 10.9. The van der Waals surface area contributed by atoms with Gasteiger partial charge in [-0.15, -0.1) is 0 Å². The van der Waals surface area contributed by atoms with Gasteiger partial charge in [0.1, 0.15) is 34.5 Å². The summed E-state index contributed by atoms with van der Waals surface area (Å²) < 4.78 is 35.5. The molecule has 1 amide bonds. The maximum absolute atomic E-state index is 14.0. The Bertz CT molecular complexity index is 1270. The Morgan fingerprint density at radius 3 is 2.48 bits per heavy atom. The molecule has 0 fully saturated rings.